The lowest BCUT2D eigenvalue weighted by atomic mass is 10.0. The first-order valence-electron chi connectivity index (χ1n) is 4.44. The molecule has 0 aromatic carbocycles. The molecule has 0 spiro atoms. The van der Waals surface area contributed by atoms with E-state index in [1.54, 1.807) is 12.2 Å². The number of ketones is 1. The maximum Gasteiger partial charge on any atom is 0.221 e. The standard InChI is InChI=1S/C11H13NO2/c1-8(13)10-5-3-2-4-9(6-10)7-11(12)14/h2-5H,6-7H2,1H3,(H2,12,14). The second-order valence-electron chi connectivity index (χ2n) is 3.28. The lowest BCUT2D eigenvalue weighted by molar-refractivity contribution is -0.117. The van der Waals surface area contributed by atoms with Crippen molar-refractivity contribution in [2.45, 2.75) is 19.8 Å². The van der Waals surface area contributed by atoms with Crippen LogP contribution in [0.2, 0.25) is 0 Å². The van der Waals surface area contributed by atoms with Crippen LogP contribution in [-0.4, -0.2) is 11.7 Å². The number of allylic oxidation sites excluding steroid dienone is 5. The number of Topliss-reactive ketones (excluding diaryl/α,β-unsaturated/α-hetero) is 1. The molecule has 74 valence electrons. The molecular weight excluding hydrogens is 178 g/mol. The number of nitrogens with two attached hydrogens (primary N) is 1. The van der Waals surface area contributed by atoms with Gasteiger partial charge in [0.2, 0.25) is 5.91 Å². The Kier molecular flexibility index (Phi) is 3.40. The second kappa shape index (κ2) is 4.56. The molecule has 0 atom stereocenters. The van der Waals surface area contributed by atoms with Gasteiger partial charge in [0.1, 0.15) is 0 Å². The Morgan fingerprint density at radius 2 is 2.00 bits per heavy atom. The van der Waals surface area contributed by atoms with Gasteiger partial charge >= 0.3 is 0 Å². The number of carbonyl (C=O) groups excluding carboxylic acids is 2. The zero-order valence-corrected chi connectivity index (χ0v) is 8.12. The van der Waals surface area contributed by atoms with E-state index in [0.717, 1.165) is 5.57 Å². The molecule has 1 amide bonds. The summed E-state index contributed by atoms with van der Waals surface area (Å²) >= 11 is 0. The summed E-state index contributed by atoms with van der Waals surface area (Å²) in [7, 11) is 0. The Bertz CT molecular complexity index is 348. The van der Waals surface area contributed by atoms with Crippen molar-refractivity contribution >= 4 is 11.7 Å². The molecule has 0 fully saturated rings. The van der Waals surface area contributed by atoms with Crippen LogP contribution in [0.4, 0.5) is 0 Å². The van der Waals surface area contributed by atoms with Crippen molar-refractivity contribution in [3.8, 4) is 0 Å². The van der Waals surface area contributed by atoms with E-state index in [1.807, 2.05) is 12.2 Å². The smallest absolute Gasteiger partial charge is 0.221 e. The van der Waals surface area contributed by atoms with Crippen LogP contribution in [0.3, 0.4) is 0 Å². The Morgan fingerprint density at radius 1 is 1.36 bits per heavy atom. The van der Waals surface area contributed by atoms with Gasteiger partial charge in [-0.1, -0.05) is 29.9 Å². The molecule has 1 aliphatic carbocycles. The number of rotatable bonds is 3. The lowest BCUT2D eigenvalue weighted by Gasteiger charge is -2.04. The Morgan fingerprint density at radius 3 is 2.57 bits per heavy atom. The van der Waals surface area contributed by atoms with Crippen LogP contribution < -0.4 is 5.73 Å². The van der Waals surface area contributed by atoms with Gasteiger partial charge in [0, 0.05) is 6.42 Å². The van der Waals surface area contributed by atoms with Crippen LogP contribution in [0.25, 0.3) is 0 Å². The van der Waals surface area contributed by atoms with Crippen molar-refractivity contribution in [1.29, 1.82) is 0 Å². The lowest BCUT2D eigenvalue weighted by Crippen LogP contribution is -2.12. The van der Waals surface area contributed by atoms with Crippen molar-refractivity contribution in [3.05, 3.63) is 35.5 Å². The molecule has 0 saturated carbocycles. The highest BCUT2D eigenvalue weighted by molar-refractivity contribution is 5.94. The number of amides is 1. The third-order valence-corrected chi connectivity index (χ3v) is 2.01. The van der Waals surface area contributed by atoms with Gasteiger partial charge in [-0.05, 0) is 18.9 Å². The second-order valence-corrected chi connectivity index (χ2v) is 3.28. The Labute approximate surface area is 83.0 Å². The van der Waals surface area contributed by atoms with Gasteiger partial charge in [-0.2, -0.15) is 0 Å². The molecule has 0 bridgehead atoms. The average molecular weight is 191 g/mol. The molecule has 2 N–H and O–H groups in total. The van der Waals surface area contributed by atoms with Crippen LogP contribution in [0.5, 0.6) is 0 Å². The minimum absolute atomic E-state index is 0.0342. The SMILES string of the molecule is CC(=O)C1=CC=CC=C(CC(N)=O)C1. The molecule has 3 heteroatoms. The van der Waals surface area contributed by atoms with Crippen LogP contribution in [0.1, 0.15) is 19.8 Å². The molecule has 14 heavy (non-hydrogen) atoms. The molecule has 1 aliphatic rings. The van der Waals surface area contributed by atoms with E-state index < -0.39 is 0 Å². The van der Waals surface area contributed by atoms with E-state index in [9.17, 15) is 9.59 Å². The number of carbonyl (C=O) groups is 2. The summed E-state index contributed by atoms with van der Waals surface area (Å²) in [6.45, 7) is 1.52. The number of hydrogen-bond donors (Lipinski definition) is 1. The summed E-state index contributed by atoms with van der Waals surface area (Å²) in [5.41, 5.74) is 6.68. The van der Waals surface area contributed by atoms with E-state index in [0.29, 0.717) is 12.0 Å². The maximum atomic E-state index is 11.1. The quantitative estimate of drug-likeness (QED) is 0.730. The molecule has 0 aromatic rings. The van der Waals surface area contributed by atoms with Gasteiger partial charge in [-0.25, -0.2) is 0 Å². The maximum absolute atomic E-state index is 11.1. The third-order valence-electron chi connectivity index (χ3n) is 2.01. The summed E-state index contributed by atoms with van der Waals surface area (Å²) in [5, 5.41) is 0. The minimum atomic E-state index is -0.366. The highest BCUT2D eigenvalue weighted by Gasteiger charge is 2.09. The molecule has 0 aromatic heterocycles. The van der Waals surface area contributed by atoms with Gasteiger partial charge in [-0.3, -0.25) is 9.59 Å². The highest BCUT2D eigenvalue weighted by atomic mass is 16.1. The van der Waals surface area contributed by atoms with Crippen molar-refractivity contribution in [2.24, 2.45) is 5.73 Å². The molecule has 0 heterocycles. The summed E-state index contributed by atoms with van der Waals surface area (Å²) in [6, 6.07) is 0. The molecule has 0 aliphatic heterocycles. The fourth-order valence-corrected chi connectivity index (χ4v) is 1.31. The monoisotopic (exact) mass is 191 g/mol. The van der Waals surface area contributed by atoms with E-state index >= 15 is 0 Å². The molecule has 0 unspecified atom stereocenters. The Balaban J connectivity index is 2.78. The van der Waals surface area contributed by atoms with Crippen LogP contribution >= 0.6 is 0 Å². The van der Waals surface area contributed by atoms with Gasteiger partial charge in [0.25, 0.3) is 0 Å². The van der Waals surface area contributed by atoms with Crippen molar-refractivity contribution in [2.75, 3.05) is 0 Å². The summed E-state index contributed by atoms with van der Waals surface area (Å²) in [5.74, 6) is -0.332. The van der Waals surface area contributed by atoms with Crippen molar-refractivity contribution in [3.63, 3.8) is 0 Å². The number of hydrogen-bond acceptors (Lipinski definition) is 2. The first-order chi connectivity index (χ1) is 6.59. The largest absolute Gasteiger partial charge is 0.369 e. The van der Waals surface area contributed by atoms with E-state index in [2.05, 4.69) is 0 Å². The molecule has 0 saturated heterocycles. The van der Waals surface area contributed by atoms with Crippen LogP contribution in [0, 0.1) is 0 Å². The molecule has 1 rings (SSSR count). The fourth-order valence-electron chi connectivity index (χ4n) is 1.31. The highest BCUT2D eigenvalue weighted by Crippen LogP contribution is 2.17. The minimum Gasteiger partial charge on any atom is -0.369 e. The summed E-state index contributed by atoms with van der Waals surface area (Å²) in [6.07, 6.45) is 7.95. The number of primary amides is 1. The van der Waals surface area contributed by atoms with E-state index in [1.165, 1.54) is 6.92 Å². The first kappa shape index (κ1) is 10.4. The van der Waals surface area contributed by atoms with Gasteiger partial charge < -0.3 is 5.73 Å². The molecule has 0 radical (unpaired) electrons. The molecule has 3 nitrogen and oxygen atoms in total. The summed E-state index contributed by atoms with van der Waals surface area (Å²) in [4.78, 5) is 21.8. The van der Waals surface area contributed by atoms with Crippen LogP contribution in [-0.2, 0) is 9.59 Å². The van der Waals surface area contributed by atoms with Crippen LogP contribution in [0.15, 0.2) is 35.5 Å². The van der Waals surface area contributed by atoms with Gasteiger partial charge in [-0.15, -0.1) is 0 Å². The Hall–Kier alpha value is -1.64. The zero-order valence-electron chi connectivity index (χ0n) is 8.12. The topological polar surface area (TPSA) is 60.2 Å². The van der Waals surface area contributed by atoms with Crippen molar-refractivity contribution in [1.82, 2.24) is 0 Å². The third kappa shape index (κ3) is 3.01. The van der Waals surface area contributed by atoms with Crippen molar-refractivity contribution < 1.29 is 9.59 Å². The van der Waals surface area contributed by atoms with Gasteiger partial charge in [0.15, 0.2) is 5.78 Å². The normalized spacial score (nSPS) is 15.5. The average Bonchev–Trinajstić information content (AvgIpc) is 2.28. The summed E-state index contributed by atoms with van der Waals surface area (Å²) < 4.78 is 0. The predicted molar refractivity (Wildman–Crippen MR) is 54.4 cm³/mol. The fraction of sp³-hybridized carbons (Fsp3) is 0.273. The zero-order chi connectivity index (χ0) is 10.6. The van der Waals surface area contributed by atoms with E-state index in [-0.39, 0.29) is 18.1 Å². The van der Waals surface area contributed by atoms with E-state index in [4.69, 9.17) is 5.73 Å². The molecular formula is C11H13NO2. The first-order valence-corrected chi connectivity index (χ1v) is 4.44. The van der Waals surface area contributed by atoms with Gasteiger partial charge in [0.05, 0.1) is 0 Å². The predicted octanol–water partition coefficient (Wildman–Crippen LogP) is 1.26.